The number of nitrogens with zero attached hydrogens (tertiary/aromatic N) is 4. The molecule has 8 heteroatoms. The number of hydrogen-bond donors (Lipinski definition) is 2. The van der Waals surface area contributed by atoms with Crippen LogP contribution in [-0.2, 0) is 16.6 Å². The van der Waals surface area contributed by atoms with Gasteiger partial charge in [-0.2, -0.15) is 5.10 Å². The van der Waals surface area contributed by atoms with Gasteiger partial charge < -0.3 is 10.6 Å². The summed E-state index contributed by atoms with van der Waals surface area (Å²) in [4.78, 5) is 28.4. The van der Waals surface area contributed by atoms with Crippen molar-refractivity contribution in [2.45, 2.75) is 33.7 Å². The average Bonchev–Trinajstić information content (AvgIpc) is 2.75. The van der Waals surface area contributed by atoms with Gasteiger partial charge in [0.1, 0.15) is 0 Å². The molecule has 0 aromatic carbocycles. The number of hydrogen-bond acceptors (Lipinski definition) is 5. The van der Waals surface area contributed by atoms with Crippen LogP contribution in [0.5, 0.6) is 0 Å². The van der Waals surface area contributed by atoms with Crippen LogP contribution < -0.4 is 10.6 Å². The van der Waals surface area contributed by atoms with Crippen LogP contribution >= 0.6 is 0 Å². The SMILES string of the molecule is Cc1nn(C)c(C)c1NC(=O)CN1CCN(CC(=O)NC(C)C)CC1. The molecule has 2 heterocycles. The molecule has 0 spiro atoms. The summed E-state index contributed by atoms with van der Waals surface area (Å²) in [7, 11) is 1.87. The number of aromatic nitrogens is 2. The van der Waals surface area contributed by atoms with Gasteiger partial charge in [-0.15, -0.1) is 0 Å². The standard InChI is InChI=1S/C17H30N6O2/c1-12(2)18-15(24)10-22-6-8-23(9-7-22)11-16(25)19-17-13(3)20-21(5)14(17)4/h12H,6-11H2,1-5H3,(H,18,24)(H,19,25). The highest BCUT2D eigenvalue weighted by atomic mass is 16.2. The summed E-state index contributed by atoms with van der Waals surface area (Å²) in [5, 5.41) is 10.2. The maximum Gasteiger partial charge on any atom is 0.238 e. The Morgan fingerprint density at radius 1 is 1.04 bits per heavy atom. The van der Waals surface area contributed by atoms with E-state index in [1.165, 1.54) is 0 Å². The molecule has 0 unspecified atom stereocenters. The molecule has 2 amide bonds. The largest absolute Gasteiger partial charge is 0.353 e. The Hall–Kier alpha value is -1.93. The lowest BCUT2D eigenvalue weighted by atomic mass is 10.2. The molecule has 0 atom stereocenters. The van der Waals surface area contributed by atoms with E-state index < -0.39 is 0 Å². The van der Waals surface area contributed by atoms with Gasteiger partial charge in [0.05, 0.1) is 30.2 Å². The predicted octanol–water partition coefficient (Wildman–Crippen LogP) is 0.118. The Balaban J connectivity index is 1.76. The molecule has 1 aliphatic heterocycles. The Bertz CT molecular complexity index is 617. The highest BCUT2D eigenvalue weighted by Gasteiger charge is 2.21. The average molecular weight is 350 g/mol. The molecular formula is C17H30N6O2. The lowest BCUT2D eigenvalue weighted by Gasteiger charge is -2.33. The maximum atomic E-state index is 12.3. The van der Waals surface area contributed by atoms with Crippen LogP contribution in [0.1, 0.15) is 25.2 Å². The molecule has 1 saturated heterocycles. The van der Waals surface area contributed by atoms with Crippen LogP contribution in [0.25, 0.3) is 0 Å². The molecule has 0 radical (unpaired) electrons. The molecule has 8 nitrogen and oxygen atoms in total. The number of rotatable bonds is 6. The van der Waals surface area contributed by atoms with E-state index >= 15 is 0 Å². The molecule has 25 heavy (non-hydrogen) atoms. The van der Waals surface area contributed by atoms with Crippen molar-refractivity contribution in [1.29, 1.82) is 0 Å². The molecule has 1 aromatic heterocycles. The second-order valence-corrected chi connectivity index (χ2v) is 6.99. The van der Waals surface area contributed by atoms with Gasteiger partial charge in [-0.05, 0) is 27.7 Å². The molecule has 1 fully saturated rings. The van der Waals surface area contributed by atoms with Gasteiger partial charge in [-0.25, -0.2) is 0 Å². The topological polar surface area (TPSA) is 82.5 Å². The van der Waals surface area contributed by atoms with Crippen molar-refractivity contribution in [3.8, 4) is 0 Å². The van der Waals surface area contributed by atoms with E-state index in [0.717, 1.165) is 43.3 Å². The van der Waals surface area contributed by atoms with Crippen molar-refractivity contribution in [2.24, 2.45) is 7.05 Å². The zero-order chi connectivity index (χ0) is 18.6. The molecular weight excluding hydrogens is 320 g/mol. The van der Waals surface area contributed by atoms with Crippen molar-refractivity contribution >= 4 is 17.5 Å². The summed E-state index contributed by atoms with van der Waals surface area (Å²) in [6.45, 7) is 11.7. The molecule has 140 valence electrons. The van der Waals surface area contributed by atoms with Crippen molar-refractivity contribution in [2.75, 3.05) is 44.6 Å². The summed E-state index contributed by atoms with van der Waals surface area (Å²) in [6, 6.07) is 0.164. The second kappa shape index (κ2) is 8.44. The lowest BCUT2D eigenvalue weighted by Crippen LogP contribution is -2.51. The zero-order valence-corrected chi connectivity index (χ0v) is 15.9. The minimum absolute atomic E-state index is 0.0230. The molecule has 1 aromatic rings. The van der Waals surface area contributed by atoms with Crippen molar-refractivity contribution in [3.63, 3.8) is 0 Å². The Morgan fingerprint density at radius 2 is 1.56 bits per heavy atom. The fourth-order valence-corrected chi connectivity index (χ4v) is 3.01. The number of amides is 2. The van der Waals surface area contributed by atoms with Crippen LogP contribution in [0, 0.1) is 13.8 Å². The van der Waals surface area contributed by atoms with E-state index in [4.69, 9.17) is 0 Å². The van der Waals surface area contributed by atoms with E-state index in [0.29, 0.717) is 13.1 Å². The Kier molecular flexibility index (Phi) is 6.55. The summed E-state index contributed by atoms with van der Waals surface area (Å²) in [5.74, 6) is 0.0360. The molecule has 0 aliphatic carbocycles. The zero-order valence-electron chi connectivity index (χ0n) is 15.9. The fraction of sp³-hybridized carbons (Fsp3) is 0.706. The van der Waals surface area contributed by atoms with Gasteiger partial charge in [-0.3, -0.25) is 24.1 Å². The number of nitrogens with one attached hydrogen (secondary N) is 2. The third kappa shape index (κ3) is 5.54. The summed E-state index contributed by atoms with van der Waals surface area (Å²) in [5.41, 5.74) is 2.58. The monoisotopic (exact) mass is 350 g/mol. The van der Waals surface area contributed by atoms with Crippen LogP contribution in [0.15, 0.2) is 0 Å². The lowest BCUT2D eigenvalue weighted by molar-refractivity contribution is -0.124. The second-order valence-electron chi connectivity index (χ2n) is 6.99. The quantitative estimate of drug-likeness (QED) is 0.761. The first-order valence-corrected chi connectivity index (χ1v) is 8.80. The summed E-state index contributed by atoms with van der Waals surface area (Å²) < 4.78 is 1.77. The van der Waals surface area contributed by atoms with E-state index in [-0.39, 0.29) is 17.9 Å². The number of carbonyl (C=O) groups excluding carboxylic acids is 2. The van der Waals surface area contributed by atoms with Crippen LogP contribution in [0.2, 0.25) is 0 Å². The van der Waals surface area contributed by atoms with Gasteiger partial charge in [0.25, 0.3) is 0 Å². The van der Waals surface area contributed by atoms with Crippen molar-refractivity contribution in [3.05, 3.63) is 11.4 Å². The normalized spacial score (nSPS) is 16.2. The first kappa shape index (κ1) is 19.4. The number of anilines is 1. The number of carbonyl (C=O) groups is 2. The van der Waals surface area contributed by atoms with Gasteiger partial charge in [0.15, 0.2) is 0 Å². The van der Waals surface area contributed by atoms with Crippen molar-refractivity contribution in [1.82, 2.24) is 24.9 Å². The fourth-order valence-electron chi connectivity index (χ4n) is 3.01. The first-order chi connectivity index (χ1) is 11.8. The number of aryl methyl sites for hydroxylation is 2. The van der Waals surface area contributed by atoms with E-state index in [2.05, 4.69) is 25.5 Å². The van der Waals surface area contributed by atoms with Gasteiger partial charge in [0.2, 0.25) is 11.8 Å². The Labute approximate surface area is 149 Å². The van der Waals surface area contributed by atoms with E-state index in [1.54, 1.807) is 4.68 Å². The molecule has 0 saturated carbocycles. The van der Waals surface area contributed by atoms with E-state index in [9.17, 15) is 9.59 Å². The molecule has 1 aliphatic rings. The minimum atomic E-state index is -0.0230. The molecule has 2 N–H and O–H groups in total. The molecule has 2 rings (SSSR count). The van der Waals surface area contributed by atoms with Crippen LogP contribution in [-0.4, -0.2) is 76.7 Å². The first-order valence-electron chi connectivity index (χ1n) is 8.80. The number of piperazine rings is 1. The Morgan fingerprint density at radius 3 is 2.00 bits per heavy atom. The summed E-state index contributed by atoms with van der Waals surface area (Å²) in [6.07, 6.45) is 0. The third-order valence-electron chi connectivity index (χ3n) is 4.42. The van der Waals surface area contributed by atoms with Crippen LogP contribution in [0.3, 0.4) is 0 Å². The van der Waals surface area contributed by atoms with E-state index in [1.807, 2.05) is 34.7 Å². The highest BCUT2D eigenvalue weighted by Crippen LogP contribution is 2.18. The third-order valence-corrected chi connectivity index (χ3v) is 4.42. The van der Waals surface area contributed by atoms with Crippen LogP contribution in [0.4, 0.5) is 5.69 Å². The highest BCUT2D eigenvalue weighted by molar-refractivity contribution is 5.93. The van der Waals surface area contributed by atoms with Crippen molar-refractivity contribution < 1.29 is 9.59 Å². The molecule has 0 bridgehead atoms. The predicted molar refractivity (Wildman–Crippen MR) is 97.5 cm³/mol. The van der Waals surface area contributed by atoms with Gasteiger partial charge in [-0.1, -0.05) is 0 Å². The smallest absolute Gasteiger partial charge is 0.238 e. The minimum Gasteiger partial charge on any atom is -0.353 e. The van der Waals surface area contributed by atoms with Gasteiger partial charge in [0, 0.05) is 39.3 Å². The summed E-state index contributed by atoms with van der Waals surface area (Å²) >= 11 is 0. The maximum absolute atomic E-state index is 12.3. The van der Waals surface area contributed by atoms with Gasteiger partial charge >= 0.3 is 0 Å².